The van der Waals surface area contributed by atoms with E-state index in [2.05, 4.69) is 5.32 Å². The molecule has 1 amide bonds. The molecule has 1 heterocycles. The number of anilines is 1. The minimum absolute atomic E-state index is 0.268. The van der Waals surface area contributed by atoms with Gasteiger partial charge in [-0.15, -0.1) is 11.3 Å². The number of carbonyl (C=O) groups excluding carboxylic acids is 1. The quantitative estimate of drug-likeness (QED) is 0.775. The highest BCUT2D eigenvalue weighted by molar-refractivity contribution is 7.20. The van der Waals surface area contributed by atoms with Crippen LogP contribution in [-0.4, -0.2) is 20.1 Å². The number of rotatable bonds is 4. The Hall–Kier alpha value is -2.60. The summed E-state index contributed by atoms with van der Waals surface area (Å²) in [5.41, 5.74) is 0.543. The molecule has 6 heteroatoms. The number of thiophene rings is 1. The molecule has 0 aliphatic rings. The Labute approximate surface area is 136 Å². The molecule has 3 aromatic rings. The van der Waals surface area contributed by atoms with Gasteiger partial charge >= 0.3 is 0 Å². The predicted octanol–water partition coefficient (Wildman–Crippen LogP) is 4.31. The van der Waals surface area contributed by atoms with Crippen LogP contribution in [0.1, 0.15) is 9.67 Å². The lowest BCUT2D eigenvalue weighted by Gasteiger charge is -2.10. The minimum Gasteiger partial charge on any atom is -0.497 e. The van der Waals surface area contributed by atoms with Crippen molar-refractivity contribution in [3.63, 3.8) is 0 Å². The van der Waals surface area contributed by atoms with Crippen LogP contribution in [0.4, 0.5) is 10.1 Å². The van der Waals surface area contributed by atoms with Crippen LogP contribution >= 0.6 is 11.3 Å². The molecule has 0 aliphatic heterocycles. The van der Waals surface area contributed by atoms with Gasteiger partial charge in [0.25, 0.3) is 5.91 Å². The third-order valence-electron chi connectivity index (χ3n) is 3.36. The average molecular weight is 331 g/mol. The number of amides is 1. The van der Waals surface area contributed by atoms with Gasteiger partial charge in [0.15, 0.2) is 0 Å². The SMILES string of the molecule is COc1ccc(NC(=O)c2cc3cc(F)ccc3s2)c(OC)c1. The van der Waals surface area contributed by atoms with Crippen molar-refractivity contribution in [1.82, 2.24) is 0 Å². The Balaban J connectivity index is 1.88. The fraction of sp³-hybridized carbons (Fsp3) is 0.118. The molecule has 3 rings (SSSR count). The normalized spacial score (nSPS) is 10.6. The van der Waals surface area contributed by atoms with Crippen molar-refractivity contribution in [2.45, 2.75) is 0 Å². The summed E-state index contributed by atoms with van der Waals surface area (Å²) in [6.07, 6.45) is 0. The summed E-state index contributed by atoms with van der Waals surface area (Å²) in [6, 6.07) is 11.3. The smallest absolute Gasteiger partial charge is 0.265 e. The van der Waals surface area contributed by atoms with Crippen molar-refractivity contribution < 1.29 is 18.7 Å². The second kappa shape index (κ2) is 6.26. The van der Waals surface area contributed by atoms with Gasteiger partial charge in [0, 0.05) is 10.8 Å². The molecule has 0 atom stereocenters. The van der Waals surface area contributed by atoms with Crippen molar-refractivity contribution in [3.05, 3.63) is 53.2 Å². The van der Waals surface area contributed by atoms with E-state index in [0.717, 1.165) is 4.70 Å². The lowest BCUT2D eigenvalue weighted by atomic mass is 10.2. The largest absolute Gasteiger partial charge is 0.497 e. The summed E-state index contributed by atoms with van der Waals surface area (Å²) < 4.78 is 24.5. The van der Waals surface area contributed by atoms with Crippen LogP contribution in [0.5, 0.6) is 11.5 Å². The first-order chi connectivity index (χ1) is 11.1. The van der Waals surface area contributed by atoms with Gasteiger partial charge in [-0.2, -0.15) is 0 Å². The van der Waals surface area contributed by atoms with Crippen molar-refractivity contribution in [2.24, 2.45) is 0 Å². The molecule has 0 unspecified atom stereocenters. The Morgan fingerprint density at radius 3 is 2.65 bits per heavy atom. The molecule has 0 saturated carbocycles. The maximum atomic E-state index is 13.2. The van der Waals surface area contributed by atoms with Crippen molar-refractivity contribution in [2.75, 3.05) is 19.5 Å². The molecule has 0 spiro atoms. The maximum Gasteiger partial charge on any atom is 0.265 e. The number of hydrogen-bond donors (Lipinski definition) is 1. The molecule has 0 fully saturated rings. The van der Waals surface area contributed by atoms with Crippen LogP contribution in [0, 0.1) is 5.82 Å². The topological polar surface area (TPSA) is 47.6 Å². The highest BCUT2D eigenvalue weighted by Gasteiger charge is 2.14. The first-order valence-corrected chi connectivity index (χ1v) is 7.65. The first kappa shape index (κ1) is 15.3. The number of hydrogen-bond acceptors (Lipinski definition) is 4. The summed E-state index contributed by atoms with van der Waals surface area (Å²) >= 11 is 1.31. The van der Waals surface area contributed by atoms with Crippen LogP contribution in [0.3, 0.4) is 0 Å². The molecule has 23 heavy (non-hydrogen) atoms. The molecule has 1 aromatic heterocycles. The number of fused-ring (bicyclic) bond motifs is 1. The maximum absolute atomic E-state index is 13.2. The number of ether oxygens (including phenoxy) is 2. The number of benzene rings is 2. The van der Waals surface area contributed by atoms with Crippen molar-refractivity contribution in [1.29, 1.82) is 0 Å². The minimum atomic E-state index is -0.320. The van der Waals surface area contributed by atoms with Gasteiger partial charge in [0.1, 0.15) is 17.3 Å². The van der Waals surface area contributed by atoms with E-state index in [9.17, 15) is 9.18 Å². The summed E-state index contributed by atoms with van der Waals surface area (Å²) in [7, 11) is 3.08. The fourth-order valence-electron chi connectivity index (χ4n) is 2.21. The van der Waals surface area contributed by atoms with Crippen LogP contribution in [0.15, 0.2) is 42.5 Å². The third-order valence-corrected chi connectivity index (χ3v) is 4.47. The van der Waals surface area contributed by atoms with E-state index in [0.29, 0.717) is 27.4 Å². The molecule has 1 N–H and O–H groups in total. The Morgan fingerprint density at radius 1 is 1.09 bits per heavy atom. The van der Waals surface area contributed by atoms with Crippen LogP contribution < -0.4 is 14.8 Å². The zero-order valence-corrected chi connectivity index (χ0v) is 13.4. The van der Waals surface area contributed by atoms with E-state index in [1.54, 1.807) is 37.4 Å². The van der Waals surface area contributed by atoms with Crippen molar-refractivity contribution >= 4 is 33.0 Å². The van der Waals surface area contributed by atoms with E-state index in [4.69, 9.17) is 9.47 Å². The van der Waals surface area contributed by atoms with Gasteiger partial charge in [-0.05, 0) is 41.8 Å². The third kappa shape index (κ3) is 3.12. The van der Waals surface area contributed by atoms with Crippen LogP contribution in [0.25, 0.3) is 10.1 Å². The zero-order chi connectivity index (χ0) is 16.4. The van der Waals surface area contributed by atoms with E-state index in [1.807, 2.05) is 0 Å². The summed E-state index contributed by atoms with van der Waals surface area (Å²) in [4.78, 5) is 12.9. The second-order valence-corrected chi connectivity index (χ2v) is 5.90. The first-order valence-electron chi connectivity index (χ1n) is 6.83. The fourth-order valence-corrected chi connectivity index (χ4v) is 3.15. The molecular formula is C17H14FNO3S. The molecular weight excluding hydrogens is 317 g/mol. The molecule has 118 valence electrons. The van der Waals surface area contributed by atoms with E-state index in [-0.39, 0.29) is 11.7 Å². The molecule has 0 radical (unpaired) electrons. The number of methoxy groups -OCH3 is 2. The van der Waals surface area contributed by atoms with E-state index < -0.39 is 0 Å². The lowest BCUT2D eigenvalue weighted by Crippen LogP contribution is -2.11. The van der Waals surface area contributed by atoms with Crippen molar-refractivity contribution in [3.8, 4) is 11.5 Å². The molecule has 0 aliphatic carbocycles. The van der Waals surface area contributed by atoms with Gasteiger partial charge in [-0.1, -0.05) is 0 Å². The highest BCUT2D eigenvalue weighted by Crippen LogP contribution is 2.31. The molecule has 0 saturated heterocycles. The Kier molecular flexibility index (Phi) is 4.16. The standard InChI is InChI=1S/C17H14FNO3S/c1-21-12-4-5-13(14(9-12)22-2)19-17(20)16-8-10-7-11(18)3-6-15(10)23-16/h3-9H,1-2H3,(H,19,20). The summed E-state index contributed by atoms with van der Waals surface area (Å²) in [6.45, 7) is 0. The van der Waals surface area contributed by atoms with E-state index >= 15 is 0 Å². The van der Waals surface area contributed by atoms with Gasteiger partial charge in [0.2, 0.25) is 0 Å². The highest BCUT2D eigenvalue weighted by atomic mass is 32.1. The Morgan fingerprint density at radius 2 is 1.91 bits per heavy atom. The monoisotopic (exact) mass is 331 g/mol. The van der Waals surface area contributed by atoms with Gasteiger partial charge < -0.3 is 14.8 Å². The Bertz CT molecular complexity index is 875. The number of carbonyl (C=O) groups is 1. The van der Waals surface area contributed by atoms with Gasteiger partial charge in [-0.25, -0.2) is 4.39 Å². The molecule has 2 aromatic carbocycles. The van der Waals surface area contributed by atoms with Crippen LogP contribution in [0.2, 0.25) is 0 Å². The average Bonchev–Trinajstić information content (AvgIpc) is 2.98. The molecule has 0 bridgehead atoms. The van der Waals surface area contributed by atoms with Gasteiger partial charge in [0.05, 0.1) is 24.8 Å². The lowest BCUT2D eigenvalue weighted by molar-refractivity contribution is 0.103. The zero-order valence-electron chi connectivity index (χ0n) is 12.6. The van der Waals surface area contributed by atoms with Crippen LogP contribution in [-0.2, 0) is 0 Å². The summed E-state index contributed by atoms with van der Waals surface area (Å²) in [5.74, 6) is 0.552. The second-order valence-electron chi connectivity index (χ2n) is 4.81. The molecule has 4 nitrogen and oxygen atoms in total. The summed E-state index contributed by atoms with van der Waals surface area (Å²) in [5, 5.41) is 3.51. The number of nitrogens with one attached hydrogen (secondary N) is 1. The van der Waals surface area contributed by atoms with Gasteiger partial charge in [-0.3, -0.25) is 4.79 Å². The van der Waals surface area contributed by atoms with E-state index in [1.165, 1.54) is 30.6 Å². The predicted molar refractivity (Wildman–Crippen MR) is 89.3 cm³/mol. The number of halogens is 1.